The molecule has 0 bridgehead atoms. The van der Waals surface area contributed by atoms with Gasteiger partial charge in [-0.05, 0) is 6.92 Å². The van der Waals surface area contributed by atoms with E-state index in [9.17, 15) is 0 Å². The molecule has 1 heterocycles. The summed E-state index contributed by atoms with van der Waals surface area (Å²) in [5.41, 5.74) is 0. The molecule has 1 rings (SSSR count). The number of ether oxygens (including phenoxy) is 1. The van der Waals surface area contributed by atoms with Crippen molar-refractivity contribution in [3.05, 3.63) is 0 Å². The van der Waals surface area contributed by atoms with E-state index in [1.54, 1.807) is 6.92 Å². The minimum Gasteiger partial charge on any atom is -0.390 e. The van der Waals surface area contributed by atoms with Crippen LogP contribution in [-0.2, 0) is 4.74 Å². The first kappa shape index (κ1) is 7.94. The summed E-state index contributed by atoms with van der Waals surface area (Å²) in [6.07, 6.45) is -3.07. The molecule has 60 valence electrons. The molecule has 0 saturated carbocycles. The van der Waals surface area contributed by atoms with Crippen LogP contribution in [0.1, 0.15) is 13.3 Å². The molecule has 0 spiro atoms. The molecule has 0 aromatic rings. The van der Waals surface area contributed by atoms with Crippen molar-refractivity contribution in [3.8, 4) is 0 Å². The molecule has 0 aromatic carbocycles. The molecule has 10 heavy (non-hydrogen) atoms. The van der Waals surface area contributed by atoms with Gasteiger partial charge in [-0.2, -0.15) is 0 Å². The number of aliphatic hydroxyl groups excluding tert-OH is 3. The van der Waals surface area contributed by atoms with Crippen molar-refractivity contribution < 1.29 is 20.1 Å². The molecule has 4 atom stereocenters. The summed E-state index contributed by atoms with van der Waals surface area (Å²) >= 11 is 0. The molecule has 1 aliphatic rings. The number of aliphatic hydroxyl groups is 3. The third-order valence-electron chi connectivity index (χ3n) is 1.69. The third kappa shape index (κ3) is 1.46. The predicted molar refractivity (Wildman–Crippen MR) is 33.2 cm³/mol. The minimum absolute atomic E-state index is 0.0888. The second-order valence-corrected chi connectivity index (χ2v) is 2.59. The Labute approximate surface area is 59.1 Å². The monoisotopic (exact) mass is 148 g/mol. The Kier molecular flexibility index (Phi) is 2.25. The van der Waals surface area contributed by atoms with Crippen LogP contribution in [0.4, 0.5) is 0 Å². The van der Waals surface area contributed by atoms with Crippen molar-refractivity contribution in [1.29, 1.82) is 0 Å². The summed E-state index contributed by atoms with van der Waals surface area (Å²) in [6.45, 7) is 1.61. The van der Waals surface area contributed by atoms with E-state index in [0.29, 0.717) is 0 Å². The maximum Gasteiger partial charge on any atom is 0.157 e. The van der Waals surface area contributed by atoms with Crippen LogP contribution in [0.2, 0.25) is 0 Å². The van der Waals surface area contributed by atoms with E-state index in [4.69, 9.17) is 20.1 Å². The van der Waals surface area contributed by atoms with Crippen LogP contribution in [0.15, 0.2) is 0 Å². The van der Waals surface area contributed by atoms with Crippen LogP contribution < -0.4 is 0 Å². The lowest BCUT2D eigenvalue weighted by Gasteiger charge is -2.32. The zero-order valence-corrected chi connectivity index (χ0v) is 5.77. The van der Waals surface area contributed by atoms with Gasteiger partial charge in [0.1, 0.15) is 6.10 Å². The summed E-state index contributed by atoms with van der Waals surface area (Å²) in [6, 6.07) is 0. The minimum atomic E-state index is -0.937. The van der Waals surface area contributed by atoms with Crippen molar-refractivity contribution in [2.75, 3.05) is 0 Å². The van der Waals surface area contributed by atoms with Gasteiger partial charge >= 0.3 is 0 Å². The molecule has 3 N–H and O–H groups in total. The highest BCUT2D eigenvalue weighted by Gasteiger charge is 2.32. The van der Waals surface area contributed by atoms with Crippen LogP contribution in [0.5, 0.6) is 0 Å². The summed E-state index contributed by atoms with van der Waals surface area (Å²) in [5.74, 6) is 0. The third-order valence-corrected chi connectivity index (χ3v) is 1.69. The van der Waals surface area contributed by atoms with Gasteiger partial charge in [-0.25, -0.2) is 0 Å². The second-order valence-electron chi connectivity index (χ2n) is 2.59. The van der Waals surface area contributed by atoms with E-state index >= 15 is 0 Å². The first-order valence-corrected chi connectivity index (χ1v) is 3.31. The molecule has 1 fully saturated rings. The van der Waals surface area contributed by atoms with Crippen molar-refractivity contribution in [2.45, 2.75) is 37.9 Å². The van der Waals surface area contributed by atoms with E-state index in [2.05, 4.69) is 0 Å². The molecule has 1 aliphatic heterocycles. The first-order chi connectivity index (χ1) is 4.61. The largest absolute Gasteiger partial charge is 0.390 e. The van der Waals surface area contributed by atoms with Crippen LogP contribution in [-0.4, -0.2) is 39.9 Å². The zero-order valence-electron chi connectivity index (χ0n) is 5.77. The fourth-order valence-corrected chi connectivity index (χ4v) is 1.04. The van der Waals surface area contributed by atoms with E-state index < -0.39 is 24.6 Å². The van der Waals surface area contributed by atoms with Gasteiger partial charge in [0, 0.05) is 6.42 Å². The summed E-state index contributed by atoms with van der Waals surface area (Å²) in [7, 11) is 0. The van der Waals surface area contributed by atoms with Crippen molar-refractivity contribution in [2.24, 2.45) is 0 Å². The molecule has 0 aliphatic carbocycles. The summed E-state index contributed by atoms with van der Waals surface area (Å²) < 4.78 is 4.81. The average molecular weight is 148 g/mol. The number of hydrogen-bond donors (Lipinski definition) is 3. The maximum atomic E-state index is 9.08. The molecular formula is C6H12O4. The topological polar surface area (TPSA) is 69.9 Å². The molecule has 1 unspecified atom stereocenters. The Morgan fingerprint density at radius 2 is 1.90 bits per heavy atom. The predicted octanol–water partition coefficient (Wildman–Crippen LogP) is -1.16. The molecule has 0 radical (unpaired) electrons. The summed E-state index contributed by atoms with van der Waals surface area (Å²) in [4.78, 5) is 0. The molecule has 4 nitrogen and oxygen atoms in total. The fourth-order valence-electron chi connectivity index (χ4n) is 1.04. The van der Waals surface area contributed by atoms with Gasteiger partial charge in [-0.15, -0.1) is 0 Å². The molecule has 1 saturated heterocycles. The lowest BCUT2D eigenvalue weighted by Crippen LogP contribution is -2.46. The fraction of sp³-hybridized carbons (Fsp3) is 1.00. The quantitative estimate of drug-likeness (QED) is 0.405. The Balaban J connectivity index is 2.49. The average Bonchev–Trinajstić information content (AvgIpc) is 1.82. The normalized spacial score (nSPS) is 49.2. The molecule has 4 heteroatoms. The van der Waals surface area contributed by atoms with Gasteiger partial charge in [-0.1, -0.05) is 0 Å². The highest BCUT2D eigenvalue weighted by atomic mass is 16.6. The van der Waals surface area contributed by atoms with Gasteiger partial charge in [0.2, 0.25) is 0 Å². The molecule has 0 aromatic heterocycles. The van der Waals surface area contributed by atoms with E-state index in [1.807, 2.05) is 0 Å². The Hall–Kier alpha value is -0.160. The van der Waals surface area contributed by atoms with Crippen LogP contribution in [0.3, 0.4) is 0 Å². The molecule has 0 amide bonds. The Morgan fingerprint density at radius 3 is 2.40 bits per heavy atom. The first-order valence-electron chi connectivity index (χ1n) is 3.31. The van der Waals surface area contributed by atoms with Crippen molar-refractivity contribution in [1.82, 2.24) is 0 Å². The van der Waals surface area contributed by atoms with Gasteiger partial charge in [0.05, 0.1) is 12.2 Å². The van der Waals surface area contributed by atoms with Crippen LogP contribution >= 0.6 is 0 Å². The summed E-state index contributed by atoms with van der Waals surface area (Å²) in [5, 5.41) is 27.0. The molecular weight excluding hydrogens is 136 g/mol. The lowest BCUT2D eigenvalue weighted by atomic mass is 10.0. The Morgan fingerprint density at radius 1 is 1.30 bits per heavy atom. The highest BCUT2D eigenvalue weighted by Crippen LogP contribution is 2.17. The van der Waals surface area contributed by atoms with Crippen LogP contribution in [0.25, 0.3) is 0 Å². The Bertz CT molecular complexity index is 104. The zero-order chi connectivity index (χ0) is 7.72. The van der Waals surface area contributed by atoms with Gasteiger partial charge < -0.3 is 20.1 Å². The highest BCUT2D eigenvalue weighted by molar-refractivity contribution is 4.78. The van der Waals surface area contributed by atoms with E-state index in [1.165, 1.54) is 0 Å². The smallest absolute Gasteiger partial charge is 0.157 e. The van der Waals surface area contributed by atoms with E-state index in [0.717, 1.165) is 0 Å². The van der Waals surface area contributed by atoms with Crippen molar-refractivity contribution in [3.63, 3.8) is 0 Å². The van der Waals surface area contributed by atoms with Gasteiger partial charge in [0.15, 0.2) is 6.29 Å². The number of rotatable bonds is 0. The van der Waals surface area contributed by atoms with Crippen LogP contribution in [0, 0.1) is 0 Å². The SMILES string of the molecule is C[C@@H]1OC(O)C[C@@H](O)[C@H]1O. The van der Waals surface area contributed by atoms with Gasteiger partial charge in [-0.3, -0.25) is 0 Å². The number of hydrogen-bond acceptors (Lipinski definition) is 4. The second kappa shape index (κ2) is 2.84. The van der Waals surface area contributed by atoms with Gasteiger partial charge in [0.25, 0.3) is 0 Å². The maximum absolute atomic E-state index is 9.08. The van der Waals surface area contributed by atoms with E-state index in [-0.39, 0.29) is 6.42 Å². The lowest BCUT2D eigenvalue weighted by molar-refractivity contribution is -0.226. The van der Waals surface area contributed by atoms with Crippen molar-refractivity contribution >= 4 is 0 Å². The standard InChI is InChI=1S/C6H12O4/c1-3-6(9)4(7)2-5(8)10-3/h3-9H,2H2,1H3/t3-,4+,5?,6-/m0/s1.